The van der Waals surface area contributed by atoms with Gasteiger partial charge < -0.3 is 9.73 Å². The molecule has 1 spiro atoms. The highest BCUT2D eigenvalue weighted by Gasteiger charge is 2.36. The van der Waals surface area contributed by atoms with E-state index >= 15 is 0 Å². The summed E-state index contributed by atoms with van der Waals surface area (Å²) in [6.45, 7) is 0.970. The number of aliphatic imine (C=N–C) groups is 1. The lowest BCUT2D eigenvalue weighted by atomic mass is 9.77. The van der Waals surface area contributed by atoms with Crippen LogP contribution in [0.3, 0.4) is 0 Å². The van der Waals surface area contributed by atoms with Crippen molar-refractivity contribution in [3.8, 4) is 11.3 Å². The van der Waals surface area contributed by atoms with Crippen molar-refractivity contribution in [2.45, 2.75) is 24.8 Å². The van der Waals surface area contributed by atoms with E-state index in [-0.39, 0.29) is 5.54 Å². The van der Waals surface area contributed by atoms with Gasteiger partial charge in [0.1, 0.15) is 5.76 Å². The van der Waals surface area contributed by atoms with E-state index in [4.69, 9.17) is 4.42 Å². The van der Waals surface area contributed by atoms with Gasteiger partial charge in [-0.05, 0) is 42.5 Å². The zero-order valence-corrected chi connectivity index (χ0v) is 10.7. The summed E-state index contributed by atoms with van der Waals surface area (Å²) in [5.41, 5.74) is 4.19. The molecule has 1 atom stereocenters. The Kier molecular flexibility index (Phi) is 2.28. The van der Waals surface area contributed by atoms with E-state index < -0.39 is 0 Å². The SMILES string of the molecule is C1=N[C@@]2(CCc3c(cccc3-c3ccco3)C2)CN1. The van der Waals surface area contributed by atoms with Crippen LogP contribution in [-0.4, -0.2) is 18.4 Å². The van der Waals surface area contributed by atoms with Crippen molar-refractivity contribution in [2.24, 2.45) is 4.99 Å². The number of nitrogens with zero attached hydrogens (tertiary/aromatic N) is 1. The van der Waals surface area contributed by atoms with Crippen LogP contribution in [0, 0.1) is 0 Å². The predicted octanol–water partition coefficient (Wildman–Crippen LogP) is 2.81. The van der Waals surface area contributed by atoms with E-state index in [0.717, 1.165) is 31.6 Å². The molecular formula is C16H16N2O. The molecule has 0 saturated heterocycles. The lowest BCUT2D eigenvalue weighted by Crippen LogP contribution is -2.38. The van der Waals surface area contributed by atoms with Gasteiger partial charge in [0.25, 0.3) is 0 Å². The number of fused-ring (bicyclic) bond motifs is 1. The first-order valence-corrected chi connectivity index (χ1v) is 6.78. The van der Waals surface area contributed by atoms with Gasteiger partial charge in [0.15, 0.2) is 0 Å². The lowest BCUT2D eigenvalue weighted by Gasteiger charge is -2.32. The van der Waals surface area contributed by atoms with Crippen molar-refractivity contribution in [1.82, 2.24) is 5.32 Å². The fraction of sp³-hybridized carbons (Fsp3) is 0.312. The summed E-state index contributed by atoms with van der Waals surface area (Å²) < 4.78 is 5.56. The second-order valence-electron chi connectivity index (χ2n) is 5.46. The van der Waals surface area contributed by atoms with Gasteiger partial charge in [-0.2, -0.15) is 0 Å². The number of benzene rings is 1. The molecule has 4 rings (SSSR count). The quantitative estimate of drug-likeness (QED) is 0.847. The van der Waals surface area contributed by atoms with Crippen LogP contribution in [0.25, 0.3) is 11.3 Å². The third-order valence-corrected chi connectivity index (χ3v) is 4.28. The number of hydrogen-bond acceptors (Lipinski definition) is 3. The molecule has 2 aliphatic rings. The zero-order valence-electron chi connectivity index (χ0n) is 10.7. The highest BCUT2D eigenvalue weighted by atomic mass is 16.3. The molecule has 0 saturated carbocycles. The first-order valence-electron chi connectivity index (χ1n) is 6.78. The van der Waals surface area contributed by atoms with E-state index in [1.807, 2.05) is 18.5 Å². The topological polar surface area (TPSA) is 37.5 Å². The minimum Gasteiger partial charge on any atom is -0.464 e. The van der Waals surface area contributed by atoms with Crippen molar-refractivity contribution in [1.29, 1.82) is 0 Å². The number of nitrogens with one attached hydrogen (secondary N) is 1. The van der Waals surface area contributed by atoms with Gasteiger partial charge >= 0.3 is 0 Å². The fourth-order valence-electron chi connectivity index (χ4n) is 3.28. The van der Waals surface area contributed by atoms with Crippen LogP contribution in [-0.2, 0) is 12.8 Å². The molecule has 3 nitrogen and oxygen atoms in total. The molecule has 0 fully saturated rings. The van der Waals surface area contributed by atoms with Crippen LogP contribution in [0.1, 0.15) is 17.5 Å². The molecule has 0 radical (unpaired) electrons. The molecule has 1 aromatic carbocycles. The second kappa shape index (κ2) is 3.98. The summed E-state index contributed by atoms with van der Waals surface area (Å²) in [4.78, 5) is 4.66. The van der Waals surface area contributed by atoms with Gasteiger partial charge in [-0.1, -0.05) is 18.2 Å². The summed E-state index contributed by atoms with van der Waals surface area (Å²) in [5.74, 6) is 0.973. The number of rotatable bonds is 1. The molecule has 96 valence electrons. The Balaban J connectivity index is 1.78. The monoisotopic (exact) mass is 252 g/mol. The molecule has 0 amide bonds. The van der Waals surface area contributed by atoms with Crippen molar-refractivity contribution < 1.29 is 4.42 Å². The Labute approximate surface area is 112 Å². The molecule has 0 bridgehead atoms. The Morgan fingerprint density at radius 2 is 2.21 bits per heavy atom. The van der Waals surface area contributed by atoms with Gasteiger partial charge in [0, 0.05) is 12.1 Å². The molecule has 19 heavy (non-hydrogen) atoms. The third kappa shape index (κ3) is 1.69. The molecule has 2 heterocycles. The number of furan rings is 1. The smallest absolute Gasteiger partial charge is 0.134 e. The predicted molar refractivity (Wildman–Crippen MR) is 75.4 cm³/mol. The summed E-state index contributed by atoms with van der Waals surface area (Å²) in [6.07, 6.45) is 6.82. The van der Waals surface area contributed by atoms with Crippen LogP contribution < -0.4 is 5.32 Å². The maximum atomic E-state index is 5.56. The summed E-state index contributed by atoms with van der Waals surface area (Å²) >= 11 is 0. The summed E-state index contributed by atoms with van der Waals surface area (Å²) in [5, 5.41) is 3.25. The minimum absolute atomic E-state index is 0.0921. The van der Waals surface area contributed by atoms with Crippen LogP contribution in [0.2, 0.25) is 0 Å². The molecule has 1 aliphatic heterocycles. The van der Waals surface area contributed by atoms with Crippen molar-refractivity contribution >= 4 is 6.34 Å². The van der Waals surface area contributed by atoms with Gasteiger partial charge in [-0.25, -0.2) is 0 Å². The van der Waals surface area contributed by atoms with E-state index in [9.17, 15) is 0 Å². The minimum atomic E-state index is 0.0921. The van der Waals surface area contributed by atoms with E-state index in [0.29, 0.717) is 0 Å². The van der Waals surface area contributed by atoms with Crippen molar-refractivity contribution in [3.05, 3.63) is 47.7 Å². The standard InChI is InChI=1S/C16H16N2O/c1-3-12-9-16(10-17-11-18-16)7-6-13(12)14(4-1)15-5-2-8-19-15/h1-5,8,11H,6-7,9-10H2,(H,17,18)/t16-/m1/s1. The summed E-state index contributed by atoms with van der Waals surface area (Å²) in [7, 11) is 0. The van der Waals surface area contributed by atoms with Crippen LogP contribution in [0.5, 0.6) is 0 Å². The Bertz CT molecular complexity index is 630. The Hall–Kier alpha value is -2.03. The van der Waals surface area contributed by atoms with Crippen LogP contribution in [0.4, 0.5) is 0 Å². The highest BCUT2D eigenvalue weighted by Crippen LogP contribution is 2.37. The first kappa shape index (κ1) is 10.9. The van der Waals surface area contributed by atoms with Crippen molar-refractivity contribution in [2.75, 3.05) is 6.54 Å². The summed E-state index contributed by atoms with van der Waals surface area (Å²) in [6, 6.07) is 10.5. The largest absolute Gasteiger partial charge is 0.464 e. The Morgan fingerprint density at radius 1 is 1.21 bits per heavy atom. The van der Waals surface area contributed by atoms with Gasteiger partial charge in [0.2, 0.25) is 0 Å². The Morgan fingerprint density at radius 3 is 3.00 bits per heavy atom. The molecule has 1 N–H and O–H groups in total. The van der Waals surface area contributed by atoms with Gasteiger partial charge in [-0.3, -0.25) is 4.99 Å². The highest BCUT2D eigenvalue weighted by molar-refractivity contribution is 5.66. The first-order chi connectivity index (χ1) is 9.36. The zero-order chi connectivity index (χ0) is 12.7. The lowest BCUT2D eigenvalue weighted by molar-refractivity contribution is 0.394. The molecule has 3 heteroatoms. The maximum Gasteiger partial charge on any atom is 0.134 e. The average molecular weight is 252 g/mol. The molecule has 1 aliphatic carbocycles. The number of hydrogen-bond donors (Lipinski definition) is 1. The molecule has 2 aromatic rings. The van der Waals surface area contributed by atoms with Crippen molar-refractivity contribution in [3.63, 3.8) is 0 Å². The van der Waals surface area contributed by atoms with Crippen LogP contribution in [0.15, 0.2) is 46.0 Å². The molecular weight excluding hydrogens is 236 g/mol. The third-order valence-electron chi connectivity index (χ3n) is 4.28. The maximum absolute atomic E-state index is 5.56. The van der Waals surface area contributed by atoms with Gasteiger partial charge in [0.05, 0.1) is 18.1 Å². The normalized spacial score (nSPS) is 24.4. The van der Waals surface area contributed by atoms with E-state index in [2.05, 4.69) is 28.5 Å². The molecule has 0 unspecified atom stereocenters. The van der Waals surface area contributed by atoms with Crippen LogP contribution >= 0.6 is 0 Å². The average Bonchev–Trinajstić information content (AvgIpc) is 3.10. The van der Waals surface area contributed by atoms with E-state index in [1.54, 1.807) is 6.26 Å². The molecule has 1 aromatic heterocycles. The van der Waals surface area contributed by atoms with E-state index in [1.165, 1.54) is 16.7 Å². The van der Waals surface area contributed by atoms with Gasteiger partial charge in [-0.15, -0.1) is 0 Å². The fourth-order valence-corrected chi connectivity index (χ4v) is 3.28. The second-order valence-corrected chi connectivity index (χ2v) is 5.46.